The first kappa shape index (κ1) is 10.9. The minimum Gasteiger partial charge on any atom is -0.359 e. The Balaban J connectivity index is 1.97. The van der Waals surface area contributed by atoms with Crippen LogP contribution in [0.3, 0.4) is 0 Å². The van der Waals surface area contributed by atoms with Gasteiger partial charge in [0.2, 0.25) is 0 Å². The summed E-state index contributed by atoms with van der Waals surface area (Å²) in [6, 6.07) is 6.03. The zero-order valence-electron chi connectivity index (χ0n) is 8.91. The van der Waals surface area contributed by atoms with Gasteiger partial charge in [-0.25, -0.2) is 4.98 Å². The lowest BCUT2D eigenvalue weighted by atomic mass is 10.1. The molecule has 1 atom stereocenters. The fourth-order valence-corrected chi connectivity index (χ4v) is 2.30. The van der Waals surface area contributed by atoms with E-state index in [0.717, 1.165) is 36.0 Å². The van der Waals surface area contributed by atoms with E-state index in [2.05, 4.69) is 38.2 Å². The van der Waals surface area contributed by atoms with Gasteiger partial charge < -0.3 is 10.2 Å². The molecule has 0 saturated carbocycles. The van der Waals surface area contributed by atoms with Gasteiger partial charge in [0.05, 0.1) is 0 Å². The van der Waals surface area contributed by atoms with Crippen molar-refractivity contribution in [2.75, 3.05) is 31.6 Å². The summed E-state index contributed by atoms with van der Waals surface area (Å²) >= 11 is 3.39. The van der Waals surface area contributed by atoms with Crippen LogP contribution in [0, 0.1) is 5.92 Å². The lowest BCUT2D eigenvalue weighted by molar-refractivity contribution is 0.576. The summed E-state index contributed by atoms with van der Waals surface area (Å²) in [4.78, 5) is 6.66. The molecule has 0 amide bonds. The summed E-state index contributed by atoms with van der Waals surface area (Å²) in [7, 11) is 2.10. The van der Waals surface area contributed by atoms with Gasteiger partial charge in [-0.3, -0.25) is 0 Å². The molecule has 0 bridgehead atoms. The van der Waals surface area contributed by atoms with Gasteiger partial charge in [0.1, 0.15) is 10.4 Å². The first-order valence-corrected chi connectivity index (χ1v) is 6.09. The van der Waals surface area contributed by atoms with Gasteiger partial charge in [-0.05, 0) is 53.5 Å². The van der Waals surface area contributed by atoms with Gasteiger partial charge in [0.15, 0.2) is 0 Å². The number of rotatable bonds is 3. The molecule has 0 aliphatic carbocycles. The third-order valence-electron chi connectivity index (χ3n) is 2.79. The Morgan fingerprint density at radius 1 is 1.60 bits per heavy atom. The molecule has 0 unspecified atom stereocenters. The summed E-state index contributed by atoms with van der Waals surface area (Å²) in [5.74, 6) is 1.80. The van der Waals surface area contributed by atoms with Crippen molar-refractivity contribution in [2.24, 2.45) is 5.92 Å². The van der Waals surface area contributed by atoms with Gasteiger partial charge in [0, 0.05) is 13.6 Å². The predicted molar refractivity (Wildman–Crippen MR) is 66.2 cm³/mol. The Labute approximate surface area is 99.0 Å². The van der Waals surface area contributed by atoms with Crippen LogP contribution in [0.25, 0.3) is 0 Å². The number of halogens is 1. The minimum atomic E-state index is 0.760. The maximum atomic E-state index is 4.44. The third kappa shape index (κ3) is 2.92. The molecule has 0 aromatic carbocycles. The molecule has 82 valence electrons. The maximum Gasteiger partial charge on any atom is 0.129 e. The number of nitrogens with zero attached hydrogens (tertiary/aromatic N) is 2. The van der Waals surface area contributed by atoms with Crippen molar-refractivity contribution in [1.29, 1.82) is 0 Å². The second kappa shape index (κ2) is 4.94. The fraction of sp³-hybridized carbons (Fsp3) is 0.545. The second-order valence-electron chi connectivity index (χ2n) is 4.06. The number of nitrogens with one attached hydrogen (secondary N) is 1. The normalized spacial score (nSPS) is 20.5. The Kier molecular flexibility index (Phi) is 3.59. The summed E-state index contributed by atoms with van der Waals surface area (Å²) < 4.78 is 0.899. The van der Waals surface area contributed by atoms with Crippen LogP contribution < -0.4 is 10.2 Å². The molecule has 4 heteroatoms. The highest BCUT2D eigenvalue weighted by atomic mass is 79.9. The lowest BCUT2D eigenvalue weighted by Crippen LogP contribution is -2.27. The standard InChI is InChI=1S/C11H16BrN3/c1-15(8-9-5-6-13-7-9)11-4-2-3-10(12)14-11/h2-4,9,13H,5-8H2,1H3/t9-/m0/s1. The van der Waals surface area contributed by atoms with E-state index < -0.39 is 0 Å². The molecule has 0 spiro atoms. The van der Waals surface area contributed by atoms with Crippen LogP contribution in [0.5, 0.6) is 0 Å². The summed E-state index contributed by atoms with van der Waals surface area (Å²) in [6.45, 7) is 3.37. The Morgan fingerprint density at radius 3 is 3.13 bits per heavy atom. The molecule has 2 heterocycles. The first-order chi connectivity index (χ1) is 7.25. The van der Waals surface area contributed by atoms with E-state index >= 15 is 0 Å². The van der Waals surface area contributed by atoms with Crippen molar-refractivity contribution >= 4 is 21.7 Å². The van der Waals surface area contributed by atoms with Crippen molar-refractivity contribution in [2.45, 2.75) is 6.42 Å². The summed E-state index contributed by atoms with van der Waals surface area (Å²) in [6.07, 6.45) is 1.28. The number of anilines is 1. The van der Waals surface area contributed by atoms with Crippen LogP contribution in [0.2, 0.25) is 0 Å². The molecule has 0 radical (unpaired) electrons. The van der Waals surface area contributed by atoms with E-state index in [0.29, 0.717) is 0 Å². The highest BCUT2D eigenvalue weighted by Crippen LogP contribution is 2.16. The van der Waals surface area contributed by atoms with Crippen LogP contribution in [-0.2, 0) is 0 Å². The summed E-state index contributed by atoms with van der Waals surface area (Å²) in [5, 5.41) is 3.38. The van der Waals surface area contributed by atoms with Gasteiger partial charge in [-0.1, -0.05) is 6.07 Å². The number of pyridine rings is 1. The van der Waals surface area contributed by atoms with E-state index in [4.69, 9.17) is 0 Å². The minimum absolute atomic E-state index is 0.760. The Bertz CT molecular complexity index is 323. The van der Waals surface area contributed by atoms with E-state index in [1.54, 1.807) is 0 Å². The largest absolute Gasteiger partial charge is 0.359 e. The van der Waals surface area contributed by atoms with Crippen LogP contribution >= 0.6 is 15.9 Å². The molecule has 15 heavy (non-hydrogen) atoms. The molecule has 2 rings (SSSR count). The van der Waals surface area contributed by atoms with E-state index in [1.165, 1.54) is 6.42 Å². The zero-order chi connectivity index (χ0) is 10.7. The summed E-state index contributed by atoms with van der Waals surface area (Å²) in [5.41, 5.74) is 0. The molecule has 1 saturated heterocycles. The van der Waals surface area contributed by atoms with Gasteiger partial charge in [-0.15, -0.1) is 0 Å². The fourth-order valence-electron chi connectivity index (χ4n) is 1.96. The molecular formula is C11H16BrN3. The van der Waals surface area contributed by atoms with Crippen LogP contribution in [0.15, 0.2) is 22.8 Å². The van der Waals surface area contributed by atoms with Gasteiger partial charge in [-0.2, -0.15) is 0 Å². The lowest BCUT2D eigenvalue weighted by Gasteiger charge is -2.21. The molecule has 1 fully saturated rings. The maximum absolute atomic E-state index is 4.44. The topological polar surface area (TPSA) is 28.2 Å². The van der Waals surface area contributed by atoms with Crippen molar-refractivity contribution in [3.63, 3.8) is 0 Å². The highest BCUT2D eigenvalue weighted by Gasteiger charge is 2.16. The monoisotopic (exact) mass is 269 g/mol. The molecule has 1 aliphatic heterocycles. The van der Waals surface area contributed by atoms with E-state index in [1.807, 2.05) is 18.2 Å². The smallest absolute Gasteiger partial charge is 0.129 e. The van der Waals surface area contributed by atoms with Gasteiger partial charge in [0.25, 0.3) is 0 Å². The van der Waals surface area contributed by atoms with E-state index in [-0.39, 0.29) is 0 Å². The molecule has 3 nitrogen and oxygen atoms in total. The number of hydrogen-bond acceptors (Lipinski definition) is 3. The van der Waals surface area contributed by atoms with Crippen LogP contribution in [0.1, 0.15) is 6.42 Å². The number of hydrogen-bond donors (Lipinski definition) is 1. The quantitative estimate of drug-likeness (QED) is 0.850. The van der Waals surface area contributed by atoms with Gasteiger partial charge >= 0.3 is 0 Å². The predicted octanol–water partition coefficient (Wildman–Crippen LogP) is 1.89. The average Bonchev–Trinajstić information content (AvgIpc) is 2.70. The molecule has 1 aromatic heterocycles. The van der Waals surface area contributed by atoms with Crippen molar-refractivity contribution < 1.29 is 0 Å². The highest BCUT2D eigenvalue weighted by molar-refractivity contribution is 9.10. The first-order valence-electron chi connectivity index (χ1n) is 5.30. The molecule has 1 aliphatic rings. The van der Waals surface area contributed by atoms with Crippen LogP contribution in [0.4, 0.5) is 5.82 Å². The second-order valence-corrected chi connectivity index (χ2v) is 4.87. The van der Waals surface area contributed by atoms with Crippen LogP contribution in [-0.4, -0.2) is 31.7 Å². The Morgan fingerprint density at radius 2 is 2.47 bits per heavy atom. The van der Waals surface area contributed by atoms with Crippen molar-refractivity contribution in [3.05, 3.63) is 22.8 Å². The molecule has 1 N–H and O–H groups in total. The molecule has 1 aromatic rings. The zero-order valence-corrected chi connectivity index (χ0v) is 10.5. The molecular weight excluding hydrogens is 254 g/mol. The van der Waals surface area contributed by atoms with Crippen molar-refractivity contribution in [1.82, 2.24) is 10.3 Å². The SMILES string of the molecule is CN(C[C@H]1CCNC1)c1cccc(Br)n1. The van der Waals surface area contributed by atoms with E-state index in [9.17, 15) is 0 Å². The van der Waals surface area contributed by atoms with Crippen molar-refractivity contribution in [3.8, 4) is 0 Å². The Hall–Kier alpha value is -0.610. The average molecular weight is 270 g/mol. The third-order valence-corrected chi connectivity index (χ3v) is 3.23. The number of aromatic nitrogens is 1.